The third-order valence-electron chi connectivity index (χ3n) is 5.63. The van der Waals surface area contributed by atoms with Crippen molar-refractivity contribution in [3.63, 3.8) is 0 Å². The average Bonchev–Trinajstić information content (AvgIpc) is 3.27. The lowest BCUT2D eigenvalue weighted by atomic mass is 10.0. The predicted molar refractivity (Wildman–Crippen MR) is 124 cm³/mol. The van der Waals surface area contributed by atoms with E-state index in [1.165, 1.54) is 0 Å². The summed E-state index contributed by atoms with van der Waals surface area (Å²) in [6.45, 7) is 2.76. The van der Waals surface area contributed by atoms with Gasteiger partial charge in [-0.05, 0) is 49.6 Å². The summed E-state index contributed by atoms with van der Waals surface area (Å²) in [7, 11) is 0. The van der Waals surface area contributed by atoms with Gasteiger partial charge in [0.2, 0.25) is 5.91 Å². The summed E-state index contributed by atoms with van der Waals surface area (Å²) in [5.74, 6) is 0.125. The second kappa shape index (κ2) is 10.5. The summed E-state index contributed by atoms with van der Waals surface area (Å²) in [5.41, 5.74) is 4.56. The van der Waals surface area contributed by atoms with Crippen LogP contribution in [-0.4, -0.2) is 47.9 Å². The quantitative estimate of drug-likeness (QED) is 0.642. The van der Waals surface area contributed by atoms with Crippen molar-refractivity contribution in [1.82, 2.24) is 20.5 Å². The van der Waals surface area contributed by atoms with Crippen molar-refractivity contribution in [3.8, 4) is 0 Å². The minimum absolute atomic E-state index is 0.0279. The van der Waals surface area contributed by atoms with Crippen LogP contribution in [0.3, 0.4) is 0 Å². The Hall–Kier alpha value is -2.77. The van der Waals surface area contributed by atoms with Crippen molar-refractivity contribution in [2.45, 2.75) is 31.7 Å². The second-order valence-electron chi connectivity index (χ2n) is 7.86. The maximum atomic E-state index is 13.2. The number of nitrogens with one attached hydrogen (secondary N) is 2. The average molecular weight is 437 g/mol. The Morgan fingerprint density at radius 1 is 1.03 bits per heavy atom. The van der Waals surface area contributed by atoms with Gasteiger partial charge in [-0.25, -0.2) is 4.98 Å². The molecule has 6 nitrogen and oxygen atoms in total. The van der Waals surface area contributed by atoms with Gasteiger partial charge in [0, 0.05) is 37.7 Å². The number of nitrogens with zero attached hydrogens (tertiary/aromatic N) is 2. The SMILES string of the molecule is O=C1CC(c2ccccc2)NCCCN(C(=O)c2ccc3ncsc3c2)CCCCN1. The van der Waals surface area contributed by atoms with Crippen molar-refractivity contribution >= 4 is 33.4 Å². The van der Waals surface area contributed by atoms with E-state index in [9.17, 15) is 9.59 Å². The molecule has 2 aromatic carbocycles. The van der Waals surface area contributed by atoms with Gasteiger partial charge in [-0.15, -0.1) is 11.3 Å². The summed E-state index contributed by atoms with van der Waals surface area (Å²) >= 11 is 1.55. The Morgan fingerprint density at radius 3 is 2.74 bits per heavy atom. The Balaban J connectivity index is 1.45. The van der Waals surface area contributed by atoms with E-state index in [4.69, 9.17) is 0 Å². The van der Waals surface area contributed by atoms with Gasteiger partial charge in [-0.3, -0.25) is 9.59 Å². The fourth-order valence-corrected chi connectivity index (χ4v) is 4.65. The highest BCUT2D eigenvalue weighted by Crippen LogP contribution is 2.21. The number of carbonyl (C=O) groups is 2. The number of hydrogen-bond acceptors (Lipinski definition) is 5. The lowest BCUT2D eigenvalue weighted by Crippen LogP contribution is -2.35. The monoisotopic (exact) mass is 436 g/mol. The molecule has 4 rings (SSSR count). The van der Waals surface area contributed by atoms with E-state index < -0.39 is 0 Å². The molecule has 1 aliphatic rings. The molecular weight excluding hydrogens is 408 g/mol. The van der Waals surface area contributed by atoms with Crippen molar-refractivity contribution in [2.24, 2.45) is 0 Å². The number of aromatic nitrogens is 1. The number of fused-ring (bicyclic) bond motifs is 1. The third kappa shape index (κ3) is 5.68. The van der Waals surface area contributed by atoms with Crippen LogP contribution in [0.2, 0.25) is 0 Å². The molecule has 1 aromatic heterocycles. The molecular formula is C24H28N4O2S. The normalized spacial score (nSPS) is 19.2. The van der Waals surface area contributed by atoms with Crippen LogP contribution in [-0.2, 0) is 4.79 Å². The van der Waals surface area contributed by atoms with Crippen molar-refractivity contribution < 1.29 is 9.59 Å². The molecule has 2 amide bonds. The molecule has 1 saturated heterocycles. The number of amides is 2. The van der Waals surface area contributed by atoms with E-state index in [0.717, 1.165) is 41.6 Å². The van der Waals surface area contributed by atoms with Crippen LogP contribution < -0.4 is 10.6 Å². The minimum atomic E-state index is -0.0279. The molecule has 2 N–H and O–H groups in total. The van der Waals surface area contributed by atoms with Gasteiger partial charge in [-0.2, -0.15) is 0 Å². The zero-order valence-electron chi connectivity index (χ0n) is 17.5. The molecule has 2 heterocycles. The van der Waals surface area contributed by atoms with E-state index in [1.807, 2.05) is 41.3 Å². The molecule has 3 aromatic rings. The van der Waals surface area contributed by atoms with Gasteiger partial charge < -0.3 is 15.5 Å². The van der Waals surface area contributed by atoms with Gasteiger partial charge in [0.15, 0.2) is 0 Å². The highest BCUT2D eigenvalue weighted by molar-refractivity contribution is 7.16. The maximum Gasteiger partial charge on any atom is 0.253 e. The Labute approximate surface area is 186 Å². The topological polar surface area (TPSA) is 74.3 Å². The smallest absolute Gasteiger partial charge is 0.253 e. The summed E-state index contributed by atoms with van der Waals surface area (Å²) in [6, 6.07) is 15.8. The Morgan fingerprint density at radius 2 is 1.87 bits per heavy atom. The molecule has 0 spiro atoms. The highest BCUT2D eigenvalue weighted by Gasteiger charge is 2.19. The maximum absolute atomic E-state index is 13.2. The molecule has 7 heteroatoms. The van der Waals surface area contributed by atoms with Gasteiger partial charge in [0.25, 0.3) is 5.91 Å². The second-order valence-corrected chi connectivity index (χ2v) is 8.75. The molecule has 1 fully saturated rings. The minimum Gasteiger partial charge on any atom is -0.356 e. The predicted octanol–water partition coefficient (Wildman–Crippen LogP) is 3.76. The molecule has 0 bridgehead atoms. The summed E-state index contributed by atoms with van der Waals surface area (Å²) in [4.78, 5) is 31.8. The van der Waals surface area contributed by atoms with Crippen molar-refractivity contribution in [1.29, 1.82) is 0 Å². The van der Waals surface area contributed by atoms with Crippen molar-refractivity contribution in [2.75, 3.05) is 26.2 Å². The largest absolute Gasteiger partial charge is 0.356 e. The zero-order chi connectivity index (χ0) is 21.5. The fraction of sp³-hybridized carbons (Fsp3) is 0.375. The molecule has 31 heavy (non-hydrogen) atoms. The van der Waals surface area contributed by atoms with Gasteiger partial charge >= 0.3 is 0 Å². The summed E-state index contributed by atoms with van der Waals surface area (Å²) < 4.78 is 1.03. The van der Waals surface area contributed by atoms with E-state index in [-0.39, 0.29) is 17.9 Å². The van der Waals surface area contributed by atoms with Crippen LogP contribution in [0, 0.1) is 0 Å². The number of thiazole rings is 1. The van der Waals surface area contributed by atoms with Gasteiger partial charge in [-0.1, -0.05) is 30.3 Å². The zero-order valence-corrected chi connectivity index (χ0v) is 18.4. The van der Waals surface area contributed by atoms with E-state index in [0.29, 0.717) is 31.6 Å². The number of rotatable bonds is 2. The first-order valence-corrected chi connectivity index (χ1v) is 11.8. The molecule has 162 valence electrons. The Bertz CT molecular complexity index is 1020. The van der Waals surface area contributed by atoms with Gasteiger partial charge in [0.05, 0.1) is 15.7 Å². The van der Waals surface area contributed by atoms with Crippen LogP contribution in [0.25, 0.3) is 10.2 Å². The highest BCUT2D eigenvalue weighted by atomic mass is 32.1. The van der Waals surface area contributed by atoms with Crippen LogP contribution in [0.1, 0.15) is 47.6 Å². The standard InChI is InChI=1S/C24H28N4O2S/c29-23-16-21(18-7-2-1-3-8-18)25-12-6-14-28(13-5-4-11-26-23)24(30)19-9-10-20-22(15-19)31-17-27-20/h1-3,7-10,15,17,21,25H,4-6,11-14,16H2,(H,26,29). The van der Waals surface area contributed by atoms with E-state index >= 15 is 0 Å². The van der Waals surface area contributed by atoms with Crippen LogP contribution >= 0.6 is 11.3 Å². The number of benzene rings is 2. The molecule has 0 radical (unpaired) electrons. The number of hydrogen-bond donors (Lipinski definition) is 2. The van der Waals surface area contributed by atoms with Crippen molar-refractivity contribution in [3.05, 3.63) is 65.2 Å². The summed E-state index contributed by atoms with van der Waals surface area (Å²) in [6.07, 6.45) is 2.97. The molecule has 1 aliphatic heterocycles. The lowest BCUT2D eigenvalue weighted by molar-refractivity contribution is -0.121. The first-order chi connectivity index (χ1) is 15.2. The first-order valence-electron chi connectivity index (χ1n) is 10.9. The lowest BCUT2D eigenvalue weighted by Gasteiger charge is -2.23. The van der Waals surface area contributed by atoms with Crippen LogP contribution in [0.5, 0.6) is 0 Å². The summed E-state index contributed by atoms with van der Waals surface area (Å²) in [5, 5.41) is 6.54. The van der Waals surface area contributed by atoms with Crippen LogP contribution in [0.15, 0.2) is 54.0 Å². The molecule has 0 saturated carbocycles. The number of carbonyl (C=O) groups excluding carboxylic acids is 2. The third-order valence-corrected chi connectivity index (χ3v) is 6.42. The van der Waals surface area contributed by atoms with Gasteiger partial charge in [0.1, 0.15) is 0 Å². The molecule has 1 atom stereocenters. The van der Waals surface area contributed by atoms with E-state index in [2.05, 4.69) is 27.8 Å². The van der Waals surface area contributed by atoms with Crippen LogP contribution in [0.4, 0.5) is 0 Å². The fourth-order valence-electron chi connectivity index (χ4n) is 3.94. The molecule has 0 aliphatic carbocycles. The first kappa shape index (κ1) is 21.5. The Kier molecular flexibility index (Phi) is 7.27. The van der Waals surface area contributed by atoms with E-state index in [1.54, 1.807) is 16.8 Å². The molecule has 1 unspecified atom stereocenters.